The van der Waals surface area contributed by atoms with E-state index in [0.29, 0.717) is 18.1 Å². The molecule has 0 radical (unpaired) electrons. The van der Waals surface area contributed by atoms with Gasteiger partial charge in [-0.05, 0) is 74.8 Å². The summed E-state index contributed by atoms with van der Waals surface area (Å²) in [5, 5.41) is 7.01. The van der Waals surface area contributed by atoms with Gasteiger partial charge in [0.05, 0.1) is 6.04 Å². The van der Waals surface area contributed by atoms with Crippen molar-refractivity contribution < 1.29 is 9.53 Å². The maximum absolute atomic E-state index is 12.0. The van der Waals surface area contributed by atoms with Crippen molar-refractivity contribution in [1.82, 2.24) is 5.32 Å². The van der Waals surface area contributed by atoms with E-state index in [1.54, 1.807) is 0 Å². The van der Waals surface area contributed by atoms with Gasteiger partial charge in [0.25, 0.3) is 0 Å². The minimum absolute atomic E-state index is 0.0576. The predicted octanol–water partition coefficient (Wildman–Crippen LogP) is 4.18. The van der Waals surface area contributed by atoms with Crippen LogP contribution in [0.5, 0.6) is 5.75 Å². The second kappa shape index (κ2) is 9.06. The van der Waals surface area contributed by atoms with E-state index in [0.717, 1.165) is 41.2 Å². The maximum atomic E-state index is 12.0. The van der Waals surface area contributed by atoms with Gasteiger partial charge in [0.1, 0.15) is 12.4 Å². The second-order valence-corrected chi connectivity index (χ2v) is 7.63. The molecule has 1 fully saturated rings. The number of hydrogen-bond acceptors (Lipinski definition) is 3. The van der Waals surface area contributed by atoms with Crippen LogP contribution >= 0.6 is 12.2 Å². The zero-order valence-corrected chi connectivity index (χ0v) is 17.4. The van der Waals surface area contributed by atoms with Crippen molar-refractivity contribution in [3.8, 4) is 5.75 Å². The molecule has 2 N–H and O–H groups in total. The predicted molar refractivity (Wildman–Crippen MR) is 118 cm³/mol. The van der Waals surface area contributed by atoms with Crippen molar-refractivity contribution >= 4 is 34.6 Å². The summed E-state index contributed by atoms with van der Waals surface area (Å²) in [5.74, 6) is 1.08. The van der Waals surface area contributed by atoms with E-state index in [4.69, 9.17) is 17.0 Å². The number of rotatable bonds is 6. The molecule has 5 nitrogen and oxygen atoms in total. The average Bonchev–Trinajstić information content (AvgIpc) is 3.07. The second-order valence-electron chi connectivity index (χ2n) is 7.23. The fourth-order valence-electron chi connectivity index (χ4n) is 3.30. The largest absolute Gasteiger partial charge is 0.491 e. The third-order valence-electron chi connectivity index (χ3n) is 4.78. The molecular formula is C22H27N3O2S. The van der Waals surface area contributed by atoms with Gasteiger partial charge in [-0.1, -0.05) is 18.2 Å². The Labute approximate surface area is 172 Å². The summed E-state index contributed by atoms with van der Waals surface area (Å²) in [6.45, 7) is 7.38. The van der Waals surface area contributed by atoms with Gasteiger partial charge in [-0.15, -0.1) is 0 Å². The molecule has 2 aromatic rings. The normalized spacial score (nSPS) is 14.7. The highest BCUT2D eigenvalue weighted by molar-refractivity contribution is 7.80. The summed E-state index contributed by atoms with van der Waals surface area (Å²) in [5.41, 5.74) is 4.05. The zero-order chi connectivity index (χ0) is 20.1. The SMILES string of the molecule is Cc1ccccc1OC[C@@H](C)NC(=S)Nc1ccc(N2CCCC2=O)c(C)c1. The minimum Gasteiger partial charge on any atom is -0.491 e. The number of hydrogen-bond donors (Lipinski definition) is 2. The first kappa shape index (κ1) is 20.1. The van der Waals surface area contributed by atoms with Crippen LogP contribution in [0.4, 0.5) is 11.4 Å². The van der Waals surface area contributed by atoms with E-state index in [2.05, 4.69) is 10.6 Å². The first-order valence-electron chi connectivity index (χ1n) is 9.61. The van der Waals surface area contributed by atoms with Crippen molar-refractivity contribution in [3.05, 3.63) is 53.6 Å². The van der Waals surface area contributed by atoms with Crippen molar-refractivity contribution in [1.29, 1.82) is 0 Å². The van der Waals surface area contributed by atoms with Gasteiger partial charge in [0.2, 0.25) is 5.91 Å². The van der Waals surface area contributed by atoms with Gasteiger partial charge >= 0.3 is 0 Å². The Hall–Kier alpha value is -2.60. The van der Waals surface area contributed by atoms with Crippen molar-refractivity contribution in [2.24, 2.45) is 0 Å². The van der Waals surface area contributed by atoms with Crippen LogP contribution < -0.4 is 20.3 Å². The van der Waals surface area contributed by atoms with Gasteiger partial charge in [-0.25, -0.2) is 0 Å². The van der Waals surface area contributed by atoms with Crippen LogP contribution in [0, 0.1) is 13.8 Å². The number of nitrogens with one attached hydrogen (secondary N) is 2. The minimum atomic E-state index is 0.0576. The lowest BCUT2D eigenvalue weighted by Crippen LogP contribution is -2.39. The highest BCUT2D eigenvalue weighted by atomic mass is 32.1. The molecule has 0 bridgehead atoms. The Morgan fingerprint density at radius 3 is 2.68 bits per heavy atom. The quantitative estimate of drug-likeness (QED) is 0.716. The molecule has 0 aliphatic carbocycles. The molecule has 3 rings (SSSR count). The molecule has 1 heterocycles. The average molecular weight is 398 g/mol. The maximum Gasteiger partial charge on any atom is 0.227 e. The summed E-state index contributed by atoms with van der Waals surface area (Å²) in [6.07, 6.45) is 1.56. The van der Waals surface area contributed by atoms with E-state index in [-0.39, 0.29) is 11.9 Å². The van der Waals surface area contributed by atoms with Gasteiger partial charge in [-0.2, -0.15) is 0 Å². The van der Waals surface area contributed by atoms with E-state index < -0.39 is 0 Å². The Morgan fingerprint density at radius 2 is 2.00 bits per heavy atom. The third-order valence-corrected chi connectivity index (χ3v) is 5.00. The third kappa shape index (κ3) is 5.01. The summed E-state index contributed by atoms with van der Waals surface area (Å²) in [6, 6.07) is 14.0. The van der Waals surface area contributed by atoms with Gasteiger partial charge in [0.15, 0.2) is 5.11 Å². The van der Waals surface area contributed by atoms with Crippen LogP contribution in [0.3, 0.4) is 0 Å². The van der Waals surface area contributed by atoms with Gasteiger partial charge < -0.3 is 20.3 Å². The monoisotopic (exact) mass is 397 g/mol. The number of nitrogens with zero attached hydrogens (tertiary/aromatic N) is 1. The summed E-state index contributed by atoms with van der Waals surface area (Å²) in [7, 11) is 0. The number of benzene rings is 2. The van der Waals surface area contributed by atoms with E-state index >= 15 is 0 Å². The summed E-state index contributed by atoms with van der Waals surface area (Å²) < 4.78 is 5.86. The molecule has 1 atom stereocenters. The number of aryl methyl sites for hydroxylation is 2. The Balaban J connectivity index is 1.52. The highest BCUT2D eigenvalue weighted by Gasteiger charge is 2.22. The first-order valence-corrected chi connectivity index (χ1v) is 10.0. The standard InChI is InChI=1S/C22H27N3O2S/c1-15-7-4-5-8-20(15)27-14-17(3)23-22(28)24-18-10-11-19(16(2)13-18)25-12-6-9-21(25)26/h4-5,7-8,10-11,13,17H,6,9,12,14H2,1-3H3,(H2,23,24,28)/t17-/m1/s1. The van der Waals surface area contributed by atoms with Crippen LogP contribution in [0.15, 0.2) is 42.5 Å². The highest BCUT2D eigenvalue weighted by Crippen LogP contribution is 2.27. The lowest BCUT2D eigenvalue weighted by molar-refractivity contribution is -0.117. The summed E-state index contributed by atoms with van der Waals surface area (Å²) in [4.78, 5) is 13.8. The molecule has 0 spiro atoms. The van der Waals surface area contributed by atoms with E-state index in [1.807, 2.05) is 68.1 Å². The van der Waals surface area contributed by atoms with Crippen molar-refractivity contribution in [2.75, 3.05) is 23.4 Å². The van der Waals surface area contributed by atoms with Crippen LogP contribution in [0.2, 0.25) is 0 Å². The lowest BCUT2D eigenvalue weighted by Gasteiger charge is -2.21. The topological polar surface area (TPSA) is 53.6 Å². The molecule has 1 aliphatic heterocycles. The van der Waals surface area contributed by atoms with E-state index in [1.165, 1.54) is 0 Å². The molecule has 1 amide bonds. The van der Waals surface area contributed by atoms with Gasteiger partial charge in [0, 0.05) is 24.3 Å². The molecule has 2 aromatic carbocycles. The number of anilines is 2. The van der Waals surface area contributed by atoms with Crippen molar-refractivity contribution in [3.63, 3.8) is 0 Å². The molecule has 1 aliphatic rings. The molecule has 6 heteroatoms. The van der Waals surface area contributed by atoms with Crippen LogP contribution in [-0.4, -0.2) is 30.2 Å². The molecule has 148 valence electrons. The molecule has 1 saturated heterocycles. The van der Waals surface area contributed by atoms with Gasteiger partial charge in [-0.3, -0.25) is 4.79 Å². The number of amides is 1. The van der Waals surface area contributed by atoms with Crippen LogP contribution in [-0.2, 0) is 4.79 Å². The molecule has 0 aromatic heterocycles. The zero-order valence-electron chi connectivity index (χ0n) is 16.6. The Morgan fingerprint density at radius 1 is 1.21 bits per heavy atom. The fraction of sp³-hybridized carbons (Fsp3) is 0.364. The molecular weight excluding hydrogens is 370 g/mol. The number of carbonyl (C=O) groups is 1. The Bertz CT molecular complexity index is 869. The smallest absolute Gasteiger partial charge is 0.227 e. The fourth-order valence-corrected chi connectivity index (χ4v) is 3.62. The Kier molecular flexibility index (Phi) is 6.52. The molecule has 0 unspecified atom stereocenters. The molecule has 0 saturated carbocycles. The number of ether oxygens (including phenoxy) is 1. The lowest BCUT2D eigenvalue weighted by atomic mass is 10.1. The van der Waals surface area contributed by atoms with Crippen LogP contribution in [0.25, 0.3) is 0 Å². The number of thiocarbonyl (C=S) groups is 1. The summed E-state index contributed by atoms with van der Waals surface area (Å²) >= 11 is 5.43. The van der Waals surface area contributed by atoms with E-state index in [9.17, 15) is 4.79 Å². The number of carbonyl (C=O) groups excluding carboxylic acids is 1. The first-order chi connectivity index (χ1) is 13.4. The molecule has 28 heavy (non-hydrogen) atoms. The number of para-hydroxylation sites is 1. The van der Waals surface area contributed by atoms with Crippen LogP contribution in [0.1, 0.15) is 30.9 Å². The van der Waals surface area contributed by atoms with Crippen molar-refractivity contribution in [2.45, 2.75) is 39.7 Å².